The summed E-state index contributed by atoms with van der Waals surface area (Å²) in [6, 6.07) is -4.49. The lowest BCUT2D eigenvalue weighted by atomic mass is 9.96. The number of aliphatic hydroxyl groups excluding tert-OH is 4. The van der Waals surface area contributed by atoms with Gasteiger partial charge in [0.2, 0.25) is 94.5 Å². The highest BCUT2D eigenvalue weighted by Gasteiger charge is 2.41. The van der Waals surface area contributed by atoms with Crippen molar-refractivity contribution in [3.05, 3.63) is 95.6 Å². The molecule has 0 radical (unpaired) electrons. The zero-order valence-corrected chi connectivity index (χ0v) is 76.2. The van der Waals surface area contributed by atoms with Gasteiger partial charge in [0.1, 0.15) is 89.8 Å². The van der Waals surface area contributed by atoms with Crippen LogP contribution in [0.15, 0.2) is 78.9 Å². The minimum atomic E-state index is -3.51. The van der Waals surface area contributed by atoms with Crippen LogP contribution in [0.1, 0.15) is 123 Å². The van der Waals surface area contributed by atoms with Gasteiger partial charge >= 0.3 is 17.9 Å². The first-order valence-corrected chi connectivity index (χ1v) is 45.7. The van der Waals surface area contributed by atoms with E-state index in [0.717, 1.165) is 25.6 Å². The summed E-state index contributed by atoms with van der Waals surface area (Å²) in [5.41, 5.74) is 6.47. The van der Waals surface area contributed by atoms with Gasteiger partial charge in [-0.15, -0.1) is 11.8 Å². The number of aliphatic carboxylic acids is 3. The second-order valence-corrected chi connectivity index (χ2v) is 35.4. The minimum Gasteiger partial charge on any atom is -0.508 e. The van der Waals surface area contributed by atoms with Crippen molar-refractivity contribution in [2.75, 3.05) is 68.9 Å². The molecular weight excluding hydrogens is 1790 g/mol. The molecule has 1 heterocycles. The number of hydrogen-bond donors (Lipinski definition) is 25. The second kappa shape index (κ2) is 56.9. The standard InChI is InChI=1S/C84H123N17O30S2/c1-8-45(4)70(82(127)94-57(35-51-19-23-53(107)24-20-51)76(121)90-55(32-44(2)3)75(120)92-59(36-68(114)115)74(119)88-46(5)14-12-13-27-85)99-81(126)62(40-103)96-77(122)56(34-50-17-21-52(106)22-18-50)91-78(123)60(37-69(116)117)93-80(125)61(39-102)97-84(129)72(48(7)105)100-79(124)58(33-49-15-10-9-11-16-49)95-83(128)71(47(6)104)98-63(108)38-87-73(118)54(25-26-67(112)113)89-65(110)42-132-41-64(109)86-28-29-101-30-31-133(130,131)43-66(101)111/h9-11,15-24,44-48,54-62,70-72,102-107H,8,12-14,25-43,85H2,1-7H3,(H,86,109)(H,87,118)(H,88,119)(H,89,110)(H,90,121)(H,91,123)(H,92,120)(H,93,125)(H,94,127)(H,95,128)(H,96,122)(H,97,129)(H,98,108)(H,99,126)(H,100,124)(H,112,113)(H,114,115)(H,116,117)/t45-,46+,47+,48+,54-,55-,56-,57-,58-,59-,60-,61-,62-,70-,71-,72-/m0/s1. The van der Waals surface area contributed by atoms with Crippen LogP contribution in [0, 0.1) is 11.8 Å². The SMILES string of the molecule is CC[C@H](C)[C@H](NC(=O)[C@H](CO)NC(=O)[C@H](Cc1ccc(O)cc1)NC(=O)[C@H](CC(=O)O)NC(=O)[C@H](CO)NC(=O)[C@@H](NC(=O)[C@H](Cc1ccccc1)NC(=O)[C@@H](NC(=O)CNC(=O)[C@H](CCC(=O)O)NC(=O)CSCC(=O)NCCN1CCS(=O)(=O)CC1=O)[C@@H](C)O)[C@@H](C)O)C(=O)N[C@@H](Cc1ccc(O)cc1)C(=O)N[C@@H](CC(C)C)C(=O)N[C@@H](CC(=O)O)C(=O)N[C@H](C)CCCCN. The van der Waals surface area contributed by atoms with E-state index in [1.807, 2.05) is 0 Å². The Morgan fingerprint density at radius 1 is 0.444 bits per heavy atom. The van der Waals surface area contributed by atoms with Crippen LogP contribution in [-0.2, 0) is 120 Å². The number of phenolic OH excluding ortho intramolecular Hbond substituents is 2. The molecule has 16 amide bonds. The van der Waals surface area contributed by atoms with Crippen molar-refractivity contribution in [3.63, 3.8) is 0 Å². The Morgan fingerprint density at radius 2 is 0.857 bits per heavy atom. The van der Waals surface area contributed by atoms with Crippen molar-refractivity contribution >= 4 is 134 Å². The lowest BCUT2D eigenvalue weighted by molar-refractivity contribution is -0.142. The van der Waals surface area contributed by atoms with Gasteiger partial charge in [0, 0.05) is 51.4 Å². The third-order valence-corrected chi connectivity index (χ3v) is 23.0. The molecule has 3 aromatic carbocycles. The van der Waals surface area contributed by atoms with Crippen molar-refractivity contribution in [1.82, 2.24) is 84.7 Å². The topological polar surface area (TPSA) is 750 Å². The van der Waals surface area contributed by atoms with Crippen LogP contribution < -0.4 is 85.5 Å². The molecule has 0 aromatic heterocycles. The minimum absolute atomic E-state index is 0.0199. The normalized spacial score (nSPS) is 15.9. The van der Waals surface area contributed by atoms with E-state index in [1.54, 1.807) is 33.8 Å². The number of carbonyl (C=O) groups is 19. The molecule has 3 aromatic rings. The average Bonchev–Trinajstić information content (AvgIpc) is 0.846. The van der Waals surface area contributed by atoms with Crippen LogP contribution >= 0.6 is 11.8 Å². The summed E-state index contributed by atoms with van der Waals surface area (Å²) < 4.78 is 23.4. The number of benzene rings is 3. The van der Waals surface area contributed by atoms with Crippen molar-refractivity contribution in [2.24, 2.45) is 17.6 Å². The summed E-state index contributed by atoms with van der Waals surface area (Å²) in [5, 5.41) is 128. The number of phenols is 2. The molecule has 736 valence electrons. The molecule has 4 rings (SSSR count). The van der Waals surface area contributed by atoms with Gasteiger partial charge in [-0.25, -0.2) is 8.42 Å². The number of unbranched alkanes of at least 4 members (excludes halogenated alkanes) is 1. The van der Waals surface area contributed by atoms with E-state index in [2.05, 4.69) is 79.8 Å². The molecular formula is C84H123N17O30S2. The molecule has 1 saturated heterocycles. The largest absolute Gasteiger partial charge is 0.508 e. The van der Waals surface area contributed by atoms with Gasteiger partial charge in [0.15, 0.2) is 9.84 Å². The average molecular weight is 1920 g/mol. The molecule has 16 atom stereocenters. The predicted octanol–water partition coefficient (Wildman–Crippen LogP) is -7.55. The summed E-state index contributed by atoms with van der Waals surface area (Å²) in [7, 11) is -3.51. The number of sulfone groups is 1. The van der Waals surface area contributed by atoms with Crippen LogP contribution in [0.5, 0.6) is 11.5 Å². The van der Waals surface area contributed by atoms with Crippen LogP contribution in [0.3, 0.4) is 0 Å². The Bertz CT molecular complexity index is 4610. The van der Waals surface area contributed by atoms with Crippen LogP contribution in [0.2, 0.25) is 0 Å². The van der Waals surface area contributed by atoms with E-state index >= 15 is 0 Å². The molecule has 1 aliphatic rings. The molecule has 49 heteroatoms. The first-order valence-electron chi connectivity index (χ1n) is 42.7. The van der Waals surface area contributed by atoms with E-state index in [0.29, 0.717) is 36.9 Å². The highest BCUT2D eigenvalue weighted by atomic mass is 32.2. The molecule has 47 nitrogen and oxygen atoms in total. The van der Waals surface area contributed by atoms with Crippen molar-refractivity contribution in [3.8, 4) is 11.5 Å². The highest BCUT2D eigenvalue weighted by molar-refractivity contribution is 8.00. The molecule has 0 spiro atoms. The lowest BCUT2D eigenvalue weighted by Gasteiger charge is -2.30. The molecule has 0 aliphatic carbocycles. The Hall–Kier alpha value is -12.7. The number of hydrogen-bond acceptors (Lipinski definition) is 29. The molecule has 0 saturated carbocycles. The number of carbonyl (C=O) groups excluding carboxylic acids is 16. The van der Waals surface area contributed by atoms with Crippen LogP contribution in [-0.4, -0.2) is 331 Å². The van der Waals surface area contributed by atoms with Crippen LogP contribution in [0.4, 0.5) is 0 Å². The number of aliphatic hydroxyl groups is 4. The maximum absolute atomic E-state index is 14.7. The predicted molar refractivity (Wildman–Crippen MR) is 474 cm³/mol. The van der Waals surface area contributed by atoms with E-state index in [-0.39, 0.29) is 73.4 Å². The number of thioether (sulfide) groups is 1. The molecule has 0 unspecified atom stereocenters. The highest BCUT2D eigenvalue weighted by Crippen LogP contribution is 2.19. The summed E-state index contributed by atoms with van der Waals surface area (Å²) >= 11 is 0.786. The number of carboxylic acids is 3. The quantitative estimate of drug-likeness (QED) is 0.0233. The number of nitrogens with zero attached hydrogens (tertiary/aromatic N) is 1. The lowest BCUT2D eigenvalue weighted by Crippen LogP contribution is -2.63. The Balaban J connectivity index is 1.52. The third kappa shape index (κ3) is 41.3. The maximum atomic E-state index is 14.7. The number of amides is 16. The van der Waals surface area contributed by atoms with Gasteiger partial charge in [-0.1, -0.05) is 95.1 Å². The van der Waals surface area contributed by atoms with Gasteiger partial charge in [0.05, 0.1) is 62.1 Å². The Morgan fingerprint density at radius 3 is 1.33 bits per heavy atom. The van der Waals surface area contributed by atoms with Gasteiger partial charge in [-0.3, -0.25) is 91.1 Å². The van der Waals surface area contributed by atoms with E-state index in [1.165, 1.54) is 84.6 Å². The summed E-state index contributed by atoms with van der Waals surface area (Å²) in [6.07, 6.45) is -6.51. The fourth-order valence-electron chi connectivity index (χ4n) is 13.1. The Kier molecular flexibility index (Phi) is 48.2. The van der Waals surface area contributed by atoms with Crippen molar-refractivity contribution in [2.45, 2.75) is 216 Å². The van der Waals surface area contributed by atoms with E-state index < -0.39 is 289 Å². The number of aromatic hydroxyl groups is 2. The molecule has 1 fully saturated rings. The maximum Gasteiger partial charge on any atom is 0.305 e. The van der Waals surface area contributed by atoms with Gasteiger partial charge in [-0.2, -0.15) is 0 Å². The second-order valence-electron chi connectivity index (χ2n) is 32.3. The van der Waals surface area contributed by atoms with Crippen molar-refractivity contribution in [1.29, 1.82) is 0 Å². The van der Waals surface area contributed by atoms with E-state index in [9.17, 15) is 145 Å². The molecule has 1 aliphatic heterocycles. The van der Waals surface area contributed by atoms with Gasteiger partial charge < -0.3 is 136 Å². The van der Waals surface area contributed by atoms with Gasteiger partial charge in [0.25, 0.3) is 0 Å². The zero-order chi connectivity index (χ0) is 99.5. The number of nitrogens with two attached hydrogens (primary N) is 1. The van der Waals surface area contributed by atoms with Gasteiger partial charge in [-0.05, 0) is 106 Å². The summed E-state index contributed by atoms with van der Waals surface area (Å²) in [5.74, 6) is -25.4. The first kappa shape index (κ1) is 113. The smallest absolute Gasteiger partial charge is 0.305 e. The molecule has 133 heavy (non-hydrogen) atoms. The molecule has 0 bridgehead atoms. The summed E-state index contributed by atoms with van der Waals surface area (Å²) in [4.78, 5) is 259. The fraction of sp³-hybridized carbons (Fsp3) is 0.560. The number of rotatable bonds is 59. The molecule has 26 N–H and O–H groups in total. The Labute approximate surface area is 770 Å². The monoisotopic (exact) mass is 1910 g/mol. The summed E-state index contributed by atoms with van der Waals surface area (Å²) in [6.45, 7) is 7.04. The number of carboxylic acid groups (broad SMARTS) is 3. The number of nitrogens with one attached hydrogen (secondary N) is 15. The third-order valence-electron chi connectivity index (χ3n) is 20.6. The van der Waals surface area contributed by atoms with Crippen LogP contribution in [0.25, 0.3) is 0 Å². The van der Waals surface area contributed by atoms with E-state index in [4.69, 9.17) is 5.73 Å². The zero-order valence-electron chi connectivity index (χ0n) is 74.5. The first-order chi connectivity index (χ1) is 62.7. The fourth-order valence-corrected chi connectivity index (χ4v) is 15.0. The van der Waals surface area contributed by atoms with Crippen molar-refractivity contribution < 1.29 is 145 Å².